The van der Waals surface area contributed by atoms with Gasteiger partial charge >= 0.3 is 0 Å². The topological polar surface area (TPSA) is 64.4 Å². The van der Waals surface area contributed by atoms with Crippen LogP contribution in [0.15, 0.2) is 77.3 Å². The zero-order valence-electron chi connectivity index (χ0n) is 13.4. The molecule has 0 saturated carbocycles. The molecule has 126 valence electrons. The van der Waals surface area contributed by atoms with E-state index in [-0.39, 0.29) is 5.91 Å². The second kappa shape index (κ2) is 7.85. The van der Waals surface area contributed by atoms with Gasteiger partial charge < -0.3 is 15.8 Å². The second-order valence-corrected chi connectivity index (χ2v) is 6.35. The lowest BCUT2D eigenvalue weighted by Crippen LogP contribution is -2.12. The Balaban J connectivity index is 1.62. The lowest BCUT2D eigenvalue weighted by Gasteiger charge is -2.10. The Morgan fingerprint density at radius 3 is 2.44 bits per heavy atom. The highest BCUT2D eigenvalue weighted by molar-refractivity contribution is 9.10. The summed E-state index contributed by atoms with van der Waals surface area (Å²) in [6.45, 7) is 0.503. The fraction of sp³-hybridized carbons (Fsp3) is 0.0500. The number of halogens is 1. The van der Waals surface area contributed by atoms with Crippen molar-refractivity contribution in [2.75, 3.05) is 11.1 Å². The van der Waals surface area contributed by atoms with Gasteiger partial charge in [-0.3, -0.25) is 4.79 Å². The van der Waals surface area contributed by atoms with Gasteiger partial charge in [0.2, 0.25) is 0 Å². The van der Waals surface area contributed by atoms with Crippen molar-refractivity contribution in [2.24, 2.45) is 0 Å². The number of rotatable bonds is 5. The van der Waals surface area contributed by atoms with Crippen LogP contribution in [0.5, 0.6) is 5.75 Å². The van der Waals surface area contributed by atoms with Gasteiger partial charge in [0.1, 0.15) is 12.4 Å². The molecule has 0 fully saturated rings. The van der Waals surface area contributed by atoms with Crippen molar-refractivity contribution in [3.63, 3.8) is 0 Å². The Morgan fingerprint density at radius 2 is 1.72 bits per heavy atom. The van der Waals surface area contributed by atoms with E-state index in [1.54, 1.807) is 30.3 Å². The quantitative estimate of drug-likeness (QED) is 0.605. The maximum Gasteiger partial charge on any atom is 0.256 e. The number of ether oxygens (including phenoxy) is 1. The molecule has 0 aromatic heterocycles. The largest absolute Gasteiger partial charge is 0.489 e. The molecule has 25 heavy (non-hydrogen) atoms. The lowest BCUT2D eigenvalue weighted by molar-refractivity contribution is 0.102. The Bertz CT molecular complexity index is 865. The summed E-state index contributed by atoms with van der Waals surface area (Å²) in [5, 5.41) is 2.85. The SMILES string of the molecule is Nc1ccc(Br)c(C(=O)Nc2ccc(OCc3ccccc3)cc2)c1. The molecule has 0 spiro atoms. The highest BCUT2D eigenvalue weighted by Gasteiger charge is 2.10. The fourth-order valence-electron chi connectivity index (χ4n) is 2.29. The molecule has 1 amide bonds. The van der Waals surface area contributed by atoms with E-state index in [0.717, 1.165) is 11.3 Å². The molecule has 0 aliphatic rings. The van der Waals surface area contributed by atoms with Gasteiger partial charge in [0.15, 0.2) is 0 Å². The van der Waals surface area contributed by atoms with E-state index in [1.165, 1.54) is 0 Å². The van der Waals surface area contributed by atoms with E-state index in [4.69, 9.17) is 10.5 Å². The highest BCUT2D eigenvalue weighted by Crippen LogP contribution is 2.22. The summed E-state index contributed by atoms with van der Waals surface area (Å²) >= 11 is 3.36. The summed E-state index contributed by atoms with van der Waals surface area (Å²) in [4.78, 5) is 12.4. The predicted molar refractivity (Wildman–Crippen MR) is 104 cm³/mol. The van der Waals surface area contributed by atoms with Crippen molar-refractivity contribution >= 4 is 33.2 Å². The van der Waals surface area contributed by atoms with E-state index in [1.807, 2.05) is 42.5 Å². The zero-order valence-corrected chi connectivity index (χ0v) is 15.0. The van der Waals surface area contributed by atoms with Crippen LogP contribution in [0.3, 0.4) is 0 Å². The minimum absolute atomic E-state index is 0.225. The number of anilines is 2. The molecule has 0 radical (unpaired) electrons. The smallest absolute Gasteiger partial charge is 0.256 e. The number of hydrogen-bond donors (Lipinski definition) is 2. The molecule has 0 bridgehead atoms. The monoisotopic (exact) mass is 396 g/mol. The molecule has 0 heterocycles. The standard InChI is InChI=1S/C20H17BrN2O2/c21-19-11-6-15(22)12-18(19)20(24)23-16-7-9-17(10-8-16)25-13-14-4-2-1-3-5-14/h1-12H,13,22H2,(H,23,24). The molecule has 3 aromatic rings. The van der Waals surface area contributed by atoms with E-state index in [9.17, 15) is 4.79 Å². The van der Waals surface area contributed by atoms with Crippen LogP contribution in [-0.4, -0.2) is 5.91 Å². The predicted octanol–water partition coefficient (Wildman–Crippen LogP) is 4.86. The number of nitrogens with one attached hydrogen (secondary N) is 1. The average Bonchev–Trinajstić information content (AvgIpc) is 2.64. The molecule has 0 aliphatic heterocycles. The molecule has 3 rings (SSSR count). The lowest BCUT2D eigenvalue weighted by atomic mass is 10.2. The summed E-state index contributed by atoms with van der Waals surface area (Å²) < 4.78 is 6.43. The van der Waals surface area contributed by atoms with Crippen LogP contribution in [-0.2, 0) is 6.61 Å². The Hall–Kier alpha value is -2.79. The van der Waals surface area contributed by atoms with Crippen LogP contribution in [0.1, 0.15) is 15.9 Å². The van der Waals surface area contributed by atoms with Crippen LogP contribution in [0.25, 0.3) is 0 Å². The van der Waals surface area contributed by atoms with Gasteiger partial charge in [-0.05, 0) is 64.0 Å². The van der Waals surface area contributed by atoms with Crippen molar-refractivity contribution in [2.45, 2.75) is 6.61 Å². The zero-order chi connectivity index (χ0) is 17.6. The van der Waals surface area contributed by atoms with Crippen molar-refractivity contribution in [3.05, 3.63) is 88.4 Å². The molecule has 0 unspecified atom stereocenters. The van der Waals surface area contributed by atoms with Crippen molar-refractivity contribution in [1.82, 2.24) is 0 Å². The van der Waals surface area contributed by atoms with E-state index in [2.05, 4.69) is 21.2 Å². The third-order valence-electron chi connectivity index (χ3n) is 3.60. The van der Waals surface area contributed by atoms with Crippen LogP contribution in [0.2, 0.25) is 0 Å². The van der Waals surface area contributed by atoms with Gasteiger partial charge in [0.25, 0.3) is 5.91 Å². The number of amides is 1. The molecule has 0 saturated heterocycles. The van der Waals surface area contributed by atoms with Crippen LogP contribution < -0.4 is 15.8 Å². The molecular weight excluding hydrogens is 380 g/mol. The Morgan fingerprint density at radius 1 is 1.00 bits per heavy atom. The maximum absolute atomic E-state index is 12.4. The first-order chi connectivity index (χ1) is 12.1. The number of nitrogen functional groups attached to an aromatic ring is 1. The Kier molecular flexibility index (Phi) is 5.36. The molecule has 0 atom stereocenters. The van der Waals surface area contributed by atoms with Crippen molar-refractivity contribution in [3.8, 4) is 5.75 Å². The summed E-state index contributed by atoms with van der Waals surface area (Å²) in [7, 11) is 0. The molecule has 4 nitrogen and oxygen atoms in total. The van der Waals surface area contributed by atoms with Crippen molar-refractivity contribution < 1.29 is 9.53 Å². The number of carbonyl (C=O) groups is 1. The second-order valence-electron chi connectivity index (χ2n) is 5.49. The minimum atomic E-state index is -0.225. The summed E-state index contributed by atoms with van der Waals surface area (Å²) in [6.07, 6.45) is 0. The summed E-state index contributed by atoms with van der Waals surface area (Å²) in [6, 6.07) is 22.3. The highest BCUT2D eigenvalue weighted by atomic mass is 79.9. The van der Waals surface area contributed by atoms with Gasteiger partial charge in [-0.25, -0.2) is 0 Å². The molecular formula is C20H17BrN2O2. The first kappa shape index (κ1) is 17.0. The number of nitrogens with two attached hydrogens (primary N) is 1. The van der Waals surface area contributed by atoms with Gasteiger partial charge in [-0.15, -0.1) is 0 Å². The third-order valence-corrected chi connectivity index (χ3v) is 4.29. The van der Waals surface area contributed by atoms with Crippen LogP contribution >= 0.6 is 15.9 Å². The third kappa shape index (κ3) is 4.61. The summed E-state index contributed by atoms with van der Waals surface area (Å²) in [5.74, 6) is 0.518. The first-order valence-electron chi connectivity index (χ1n) is 7.75. The molecule has 3 N–H and O–H groups in total. The Labute approximate surface area is 154 Å². The van der Waals surface area contributed by atoms with Gasteiger partial charge in [0, 0.05) is 15.8 Å². The normalized spacial score (nSPS) is 10.3. The first-order valence-corrected chi connectivity index (χ1v) is 8.54. The number of hydrogen-bond acceptors (Lipinski definition) is 3. The van der Waals surface area contributed by atoms with Gasteiger partial charge in [-0.1, -0.05) is 30.3 Å². The van der Waals surface area contributed by atoms with Crippen molar-refractivity contribution in [1.29, 1.82) is 0 Å². The van der Waals surface area contributed by atoms with E-state index in [0.29, 0.717) is 28.0 Å². The van der Waals surface area contributed by atoms with E-state index < -0.39 is 0 Å². The number of benzene rings is 3. The van der Waals surface area contributed by atoms with Gasteiger partial charge in [-0.2, -0.15) is 0 Å². The molecule has 5 heteroatoms. The number of carbonyl (C=O) groups excluding carboxylic acids is 1. The summed E-state index contributed by atoms with van der Waals surface area (Å²) in [5.41, 5.74) is 8.56. The molecule has 3 aromatic carbocycles. The van der Waals surface area contributed by atoms with Crippen LogP contribution in [0, 0.1) is 0 Å². The van der Waals surface area contributed by atoms with Gasteiger partial charge in [0.05, 0.1) is 5.56 Å². The van der Waals surface area contributed by atoms with E-state index >= 15 is 0 Å². The minimum Gasteiger partial charge on any atom is -0.489 e. The average molecular weight is 397 g/mol. The molecule has 0 aliphatic carbocycles. The fourth-order valence-corrected chi connectivity index (χ4v) is 2.72. The maximum atomic E-state index is 12.4. The van der Waals surface area contributed by atoms with Crippen LogP contribution in [0.4, 0.5) is 11.4 Å².